The molecule has 2 aromatic rings. The van der Waals surface area contributed by atoms with Gasteiger partial charge in [-0.05, 0) is 45.9 Å². The minimum Gasteiger partial charge on any atom is -0.507 e. The molecule has 1 N–H and O–H groups in total. The molecule has 2 aromatic carbocycles. The SMILES string of the molecule is CC(C)c1cccc(C(C)C)c1Cl.CC(C)c1cccc(C(C)C)c1O. The lowest BCUT2D eigenvalue weighted by Gasteiger charge is -2.14. The van der Waals surface area contributed by atoms with Crippen LogP contribution in [0.2, 0.25) is 5.02 Å². The van der Waals surface area contributed by atoms with Crippen molar-refractivity contribution in [1.29, 1.82) is 0 Å². The number of phenolic OH excluding ortho intramolecular Hbond substituents is 1. The van der Waals surface area contributed by atoms with Crippen LogP contribution in [0.25, 0.3) is 0 Å². The van der Waals surface area contributed by atoms with E-state index in [1.807, 2.05) is 18.2 Å². The van der Waals surface area contributed by atoms with Gasteiger partial charge in [0, 0.05) is 5.02 Å². The van der Waals surface area contributed by atoms with Crippen LogP contribution in [0.15, 0.2) is 36.4 Å². The highest BCUT2D eigenvalue weighted by Gasteiger charge is 2.12. The van der Waals surface area contributed by atoms with Gasteiger partial charge in [-0.25, -0.2) is 0 Å². The molecule has 0 fully saturated rings. The van der Waals surface area contributed by atoms with Crippen LogP contribution in [0, 0.1) is 0 Å². The van der Waals surface area contributed by atoms with Gasteiger partial charge in [0.05, 0.1) is 0 Å². The van der Waals surface area contributed by atoms with Crippen LogP contribution in [0.1, 0.15) is 101 Å². The summed E-state index contributed by atoms with van der Waals surface area (Å²) in [5.74, 6) is 2.27. The Hall–Kier alpha value is -1.47. The van der Waals surface area contributed by atoms with Crippen molar-refractivity contribution in [3.8, 4) is 5.75 Å². The molecule has 26 heavy (non-hydrogen) atoms. The Bertz CT molecular complexity index is 585. The van der Waals surface area contributed by atoms with Crippen molar-refractivity contribution in [2.45, 2.75) is 79.1 Å². The Kier molecular flexibility index (Phi) is 8.70. The summed E-state index contributed by atoms with van der Waals surface area (Å²) < 4.78 is 0. The van der Waals surface area contributed by atoms with Crippen molar-refractivity contribution in [1.82, 2.24) is 0 Å². The molecule has 0 unspecified atom stereocenters. The summed E-state index contributed by atoms with van der Waals surface area (Å²) in [6.45, 7) is 17.1. The number of halogens is 1. The minimum absolute atomic E-state index is 0.388. The standard InChI is InChI=1S/C12H17Cl.C12H18O/c2*1-8(2)10-6-5-7-11(9(3)4)12(10)13/h5-9H,1-4H3;5-9,13H,1-4H3. The smallest absolute Gasteiger partial charge is 0.122 e. The van der Waals surface area contributed by atoms with Crippen LogP contribution < -0.4 is 0 Å². The van der Waals surface area contributed by atoms with E-state index in [9.17, 15) is 5.11 Å². The first-order chi connectivity index (χ1) is 12.1. The maximum Gasteiger partial charge on any atom is 0.122 e. The summed E-state index contributed by atoms with van der Waals surface area (Å²) in [5.41, 5.74) is 4.61. The molecule has 0 aliphatic carbocycles. The number of aromatic hydroxyl groups is 1. The maximum absolute atomic E-state index is 9.93. The van der Waals surface area contributed by atoms with E-state index in [1.54, 1.807) is 0 Å². The predicted octanol–water partition coefficient (Wildman–Crippen LogP) is 8.23. The van der Waals surface area contributed by atoms with E-state index in [1.165, 1.54) is 11.1 Å². The van der Waals surface area contributed by atoms with Gasteiger partial charge < -0.3 is 5.11 Å². The van der Waals surface area contributed by atoms with E-state index in [0.717, 1.165) is 16.1 Å². The zero-order valence-corrected chi connectivity index (χ0v) is 18.4. The van der Waals surface area contributed by atoms with Gasteiger partial charge in [0.25, 0.3) is 0 Å². The number of hydrogen-bond donors (Lipinski definition) is 1. The van der Waals surface area contributed by atoms with Crippen LogP contribution >= 0.6 is 11.6 Å². The van der Waals surface area contributed by atoms with Crippen molar-refractivity contribution >= 4 is 11.6 Å². The van der Waals surface area contributed by atoms with E-state index in [4.69, 9.17) is 11.6 Å². The van der Waals surface area contributed by atoms with Gasteiger partial charge >= 0.3 is 0 Å². The van der Waals surface area contributed by atoms with E-state index in [2.05, 4.69) is 73.6 Å². The van der Waals surface area contributed by atoms with Crippen molar-refractivity contribution in [2.24, 2.45) is 0 Å². The Balaban J connectivity index is 0.000000260. The molecule has 144 valence electrons. The lowest BCUT2D eigenvalue weighted by Crippen LogP contribution is -1.95. The van der Waals surface area contributed by atoms with Gasteiger partial charge in [-0.15, -0.1) is 0 Å². The molecule has 2 heteroatoms. The van der Waals surface area contributed by atoms with Crippen LogP contribution in [-0.2, 0) is 0 Å². The first kappa shape index (κ1) is 22.6. The molecule has 0 amide bonds. The summed E-state index contributed by atoms with van der Waals surface area (Å²) >= 11 is 6.30. The summed E-state index contributed by atoms with van der Waals surface area (Å²) in [6.07, 6.45) is 0. The first-order valence-electron chi connectivity index (χ1n) is 9.67. The fraction of sp³-hybridized carbons (Fsp3) is 0.500. The monoisotopic (exact) mass is 374 g/mol. The summed E-state index contributed by atoms with van der Waals surface area (Å²) in [7, 11) is 0. The Morgan fingerprint density at radius 2 is 0.846 bits per heavy atom. The lowest BCUT2D eigenvalue weighted by molar-refractivity contribution is 0.454. The molecule has 2 rings (SSSR count). The fourth-order valence-electron chi connectivity index (χ4n) is 2.97. The van der Waals surface area contributed by atoms with Crippen LogP contribution in [0.5, 0.6) is 5.75 Å². The predicted molar refractivity (Wildman–Crippen MR) is 116 cm³/mol. The molecule has 0 aromatic heterocycles. The third-order valence-electron chi connectivity index (χ3n) is 4.64. The number of phenols is 1. The topological polar surface area (TPSA) is 20.2 Å². The minimum atomic E-state index is 0.388. The Labute approximate surface area is 165 Å². The van der Waals surface area contributed by atoms with Gasteiger partial charge in [0.1, 0.15) is 5.75 Å². The first-order valence-corrected chi connectivity index (χ1v) is 10.1. The Morgan fingerprint density at radius 1 is 0.577 bits per heavy atom. The molecule has 0 saturated carbocycles. The number of hydrogen-bond acceptors (Lipinski definition) is 1. The molecule has 0 aliphatic rings. The molecule has 0 heterocycles. The second-order valence-corrected chi connectivity index (χ2v) is 8.53. The zero-order chi connectivity index (χ0) is 20.0. The van der Waals surface area contributed by atoms with Gasteiger partial charge in [-0.2, -0.15) is 0 Å². The molecular weight excluding hydrogens is 340 g/mol. The summed E-state index contributed by atoms with van der Waals surface area (Å²) in [6, 6.07) is 12.3. The van der Waals surface area contributed by atoms with E-state index in [0.29, 0.717) is 29.4 Å². The largest absolute Gasteiger partial charge is 0.507 e. The molecule has 0 spiro atoms. The highest BCUT2D eigenvalue weighted by molar-refractivity contribution is 6.32. The zero-order valence-electron chi connectivity index (χ0n) is 17.6. The molecule has 0 bridgehead atoms. The van der Waals surface area contributed by atoms with Crippen LogP contribution in [0.4, 0.5) is 0 Å². The third kappa shape index (κ3) is 5.77. The molecule has 0 atom stereocenters. The maximum atomic E-state index is 9.93. The molecular formula is C24H35ClO. The summed E-state index contributed by atoms with van der Waals surface area (Å²) in [5, 5.41) is 10.9. The normalized spacial score (nSPS) is 11.3. The number of rotatable bonds is 4. The fourth-order valence-corrected chi connectivity index (χ4v) is 3.53. The number of para-hydroxylation sites is 1. The van der Waals surface area contributed by atoms with Gasteiger partial charge in [-0.1, -0.05) is 103 Å². The van der Waals surface area contributed by atoms with Crippen LogP contribution in [-0.4, -0.2) is 5.11 Å². The van der Waals surface area contributed by atoms with E-state index in [-0.39, 0.29) is 0 Å². The Morgan fingerprint density at radius 3 is 1.12 bits per heavy atom. The van der Waals surface area contributed by atoms with Crippen molar-refractivity contribution < 1.29 is 5.11 Å². The van der Waals surface area contributed by atoms with Gasteiger partial charge in [-0.3, -0.25) is 0 Å². The highest BCUT2D eigenvalue weighted by Crippen LogP contribution is 2.33. The van der Waals surface area contributed by atoms with Gasteiger partial charge in [0.15, 0.2) is 0 Å². The van der Waals surface area contributed by atoms with Crippen molar-refractivity contribution in [2.75, 3.05) is 0 Å². The molecule has 1 nitrogen and oxygen atoms in total. The second-order valence-electron chi connectivity index (χ2n) is 8.15. The van der Waals surface area contributed by atoms with E-state index >= 15 is 0 Å². The van der Waals surface area contributed by atoms with E-state index < -0.39 is 0 Å². The third-order valence-corrected chi connectivity index (χ3v) is 5.08. The van der Waals surface area contributed by atoms with Crippen molar-refractivity contribution in [3.63, 3.8) is 0 Å². The number of benzene rings is 2. The van der Waals surface area contributed by atoms with Crippen LogP contribution in [0.3, 0.4) is 0 Å². The molecule has 0 aliphatic heterocycles. The highest BCUT2D eigenvalue weighted by atomic mass is 35.5. The summed E-state index contributed by atoms with van der Waals surface area (Å²) in [4.78, 5) is 0. The quantitative estimate of drug-likeness (QED) is 0.571. The van der Waals surface area contributed by atoms with Crippen molar-refractivity contribution in [3.05, 3.63) is 63.7 Å². The average Bonchev–Trinajstić information content (AvgIpc) is 2.54. The molecule has 0 saturated heterocycles. The second kappa shape index (κ2) is 10.0. The lowest BCUT2D eigenvalue weighted by atomic mass is 9.94. The molecule has 0 radical (unpaired) electrons. The van der Waals surface area contributed by atoms with Gasteiger partial charge in [0.2, 0.25) is 0 Å². The average molecular weight is 375 g/mol.